The molecular weight excluding hydrogens is 435 g/mol. The van der Waals surface area contributed by atoms with Gasteiger partial charge < -0.3 is 4.74 Å². The fraction of sp³-hybridized carbons (Fsp3) is 0.611. The number of thiophene rings is 1. The highest BCUT2D eigenvalue weighted by molar-refractivity contribution is 7.20. The summed E-state index contributed by atoms with van der Waals surface area (Å²) in [5, 5.41) is -0.633. The minimum Gasteiger partial charge on any atom is -0.456 e. The molecule has 0 amide bonds. The van der Waals surface area contributed by atoms with Crippen LogP contribution in [-0.2, 0) is 17.8 Å². The highest BCUT2D eigenvalue weighted by atomic mass is 32.1. The van der Waals surface area contributed by atoms with Gasteiger partial charge in [-0.15, -0.1) is 11.3 Å². The maximum absolute atomic E-state index is 13.9. The molecule has 2 aromatic heterocycles. The molecule has 0 saturated carbocycles. The summed E-state index contributed by atoms with van der Waals surface area (Å²) in [4.78, 5) is 36.9. The van der Waals surface area contributed by atoms with Gasteiger partial charge in [-0.1, -0.05) is 6.92 Å². The van der Waals surface area contributed by atoms with Crippen LogP contribution in [0.3, 0.4) is 0 Å². The molecule has 2 heterocycles. The molecule has 12 heteroatoms. The number of ether oxygens (including phenoxy) is 1. The third kappa shape index (κ3) is 5.08. The average Bonchev–Trinajstić information content (AvgIpc) is 2.97. The lowest BCUT2D eigenvalue weighted by molar-refractivity contribution is -0.136. The summed E-state index contributed by atoms with van der Waals surface area (Å²) < 4.78 is 72.4. The first-order valence-corrected chi connectivity index (χ1v) is 9.87. The number of halogens is 5. The lowest BCUT2D eigenvalue weighted by atomic mass is 10.1. The van der Waals surface area contributed by atoms with Gasteiger partial charge in [-0.3, -0.25) is 13.9 Å². The second-order valence-corrected chi connectivity index (χ2v) is 8.58. The van der Waals surface area contributed by atoms with Gasteiger partial charge >= 0.3 is 17.8 Å². The van der Waals surface area contributed by atoms with Gasteiger partial charge in [0.25, 0.3) is 12.0 Å². The lowest BCUT2D eigenvalue weighted by Gasteiger charge is -2.19. The van der Waals surface area contributed by atoms with Crippen LogP contribution in [-0.4, -0.2) is 26.9 Å². The van der Waals surface area contributed by atoms with Crippen molar-refractivity contribution in [3.63, 3.8) is 0 Å². The smallest absolute Gasteiger partial charge is 0.390 e. The number of carbonyl (C=O) groups excluding carboxylic acids is 1. The van der Waals surface area contributed by atoms with Gasteiger partial charge in [0.05, 0.1) is 17.4 Å². The maximum atomic E-state index is 13.9. The van der Waals surface area contributed by atoms with Crippen LogP contribution >= 0.6 is 11.3 Å². The zero-order valence-corrected chi connectivity index (χ0v) is 17.5. The van der Waals surface area contributed by atoms with Crippen LogP contribution in [0.1, 0.15) is 62.2 Å². The second-order valence-electron chi connectivity index (χ2n) is 7.58. The molecule has 0 radical (unpaired) electrons. The number of hydrogen-bond acceptors (Lipinski definition) is 5. The lowest BCUT2D eigenvalue weighted by Crippen LogP contribution is -2.40. The molecule has 6 nitrogen and oxygen atoms in total. The number of aryl methyl sites for hydroxylation is 1. The van der Waals surface area contributed by atoms with Gasteiger partial charge in [-0.2, -0.15) is 13.2 Å². The van der Waals surface area contributed by atoms with E-state index in [4.69, 9.17) is 4.74 Å². The van der Waals surface area contributed by atoms with Gasteiger partial charge in [0.15, 0.2) is 0 Å². The standard InChI is InChI=1S/C18H21F5N2O4S/c1-5-7-24-13(26)10-9(12(19)20)11(15(27)29-17(2,3)4)30-14(10)25(16(24)28)8-6-18(21,22)23/h12H,5-8H2,1-4H3. The van der Waals surface area contributed by atoms with Crippen molar-refractivity contribution in [3.8, 4) is 0 Å². The van der Waals surface area contributed by atoms with Crippen molar-refractivity contribution in [2.45, 2.75) is 71.8 Å². The van der Waals surface area contributed by atoms with Crippen molar-refractivity contribution in [2.75, 3.05) is 0 Å². The summed E-state index contributed by atoms with van der Waals surface area (Å²) in [6, 6.07) is 0. The second kappa shape index (κ2) is 8.48. The zero-order valence-electron chi connectivity index (χ0n) is 16.7. The molecule has 0 atom stereocenters. The van der Waals surface area contributed by atoms with E-state index in [1.807, 2.05) is 0 Å². The highest BCUT2D eigenvalue weighted by Crippen LogP contribution is 2.37. The number of esters is 1. The quantitative estimate of drug-likeness (QED) is 0.475. The molecule has 2 rings (SSSR count). The summed E-state index contributed by atoms with van der Waals surface area (Å²) >= 11 is 0.361. The number of nitrogens with zero attached hydrogens (tertiary/aromatic N) is 2. The molecule has 2 aromatic rings. The van der Waals surface area contributed by atoms with Crippen LogP contribution in [0.2, 0.25) is 0 Å². The SMILES string of the molecule is CCCn1c(=O)c2c(C(F)F)c(C(=O)OC(C)(C)C)sc2n(CCC(F)(F)F)c1=O. The third-order valence-corrected chi connectivity index (χ3v) is 5.17. The number of carbonyl (C=O) groups is 1. The van der Waals surface area contributed by atoms with Gasteiger partial charge in [-0.25, -0.2) is 18.4 Å². The fourth-order valence-corrected chi connectivity index (χ4v) is 4.02. The first-order valence-electron chi connectivity index (χ1n) is 9.06. The van der Waals surface area contributed by atoms with E-state index in [-0.39, 0.29) is 13.0 Å². The summed E-state index contributed by atoms with van der Waals surface area (Å²) in [6.45, 7) is 5.10. The minimum atomic E-state index is -4.62. The van der Waals surface area contributed by atoms with Gasteiger partial charge in [0, 0.05) is 13.1 Å². The van der Waals surface area contributed by atoms with Crippen molar-refractivity contribution < 1.29 is 31.5 Å². The Morgan fingerprint density at radius 1 is 1.10 bits per heavy atom. The van der Waals surface area contributed by atoms with E-state index in [9.17, 15) is 36.3 Å². The molecule has 0 aromatic carbocycles. The average molecular weight is 456 g/mol. The molecule has 0 fully saturated rings. The first-order chi connectivity index (χ1) is 13.7. The molecule has 0 bridgehead atoms. The summed E-state index contributed by atoms with van der Waals surface area (Å²) in [5.74, 6) is -1.14. The van der Waals surface area contributed by atoms with E-state index in [1.165, 1.54) is 20.8 Å². The van der Waals surface area contributed by atoms with Crippen molar-refractivity contribution in [2.24, 2.45) is 0 Å². The van der Waals surface area contributed by atoms with Crippen molar-refractivity contribution in [3.05, 3.63) is 31.3 Å². The van der Waals surface area contributed by atoms with E-state index < -0.39 is 69.0 Å². The normalized spacial score (nSPS) is 12.7. The molecule has 168 valence electrons. The van der Waals surface area contributed by atoms with E-state index in [2.05, 4.69) is 0 Å². The maximum Gasteiger partial charge on any atom is 0.390 e. The Hall–Kier alpha value is -2.24. The van der Waals surface area contributed by atoms with E-state index >= 15 is 0 Å². The number of hydrogen-bond donors (Lipinski definition) is 0. The van der Waals surface area contributed by atoms with E-state index in [1.54, 1.807) is 6.92 Å². The monoisotopic (exact) mass is 456 g/mol. The van der Waals surface area contributed by atoms with Crippen LogP contribution in [0.4, 0.5) is 22.0 Å². The summed E-state index contributed by atoms with van der Waals surface area (Å²) in [5.41, 5.74) is -4.08. The molecular formula is C18H21F5N2O4S. The third-order valence-electron chi connectivity index (χ3n) is 3.96. The zero-order chi connectivity index (χ0) is 23.0. The van der Waals surface area contributed by atoms with Gasteiger partial charge in [0.1, 0.15) is 15.3 Å². The van der Waals surface area contributed by atoms with Crippen LogP contribution in [0.25, 0.3) is 10.2 Å². The van der Waals surface area contributed by atoms with E-state index in [0.29, 0.717) is 20.5 Å². The highest BCUT2D eigenvalue weighted by Gasteiger charge is 2.33. The molecule has 0 spiro atoms. The predicted molar refractivity (Wildman–Crippen MR) is 101 cm³/mol. The van der Waals surface area contributed by atoms with Crippen molar-refractivity contribution in [1.29, 1.82) is 0 Å². The van der Waals surface area contributed by atoms with Crippen LogP contribution in [0, 0.1) is 0 Å². The molecule has 30 heavy (non-hydrogen) atoms. The molecule has 0 N–H and O–H groups in total. The fourth-order valence-electron chi connectivity index (χ4n) is 2.82. The van der Waals surface area contributed by atoms with Crippen LogP contribution in [0.15, 0.2) is 9.59 Å². The summed E-state index contributed by atoms with van der Waals surface area (Å²) in [7, 11) is 0. The number of alkyl halides is 5. The molecule has 0 saturated heterocycles. The number of fused-ring (bicyclic) bond motifs is 1. The number of aromatic nitrogens is 2. The Labute approximate surface area is 171 Å². The van der Waals surface area contributed by atoms with Gasteiger partial charge in [-0.05, 0) is 27.2 Å². The largest absolute Gasteiger partial charge is 0.456 e. The minimum absolute atomic E-state index is 0.167. The molecule has 0 aliphatic heterocycles. The Balaban J connectivity index is 2.88. The van der Waals surface area contributed by atoms with E-state index in [0.717, 1.165) is 0 Å². The Morgan fingerprint density at radius 2 is 1.70 bits per heavy atom. The Kier molecular flexibility index (Phi) is 6.79. The molecule has 0 aliphatic rings. The van der Waals surface area contributed by atoms with Crippen LogP contribution in [0.5, 0.6) is 0 Å². The Bertz CT molecular complexity index is 1060. The molecule has 0 aliphatic carbocycles. The van der Waals surface area contributed by atoms with Gasteiger partial charge in [0.2, 0.25) is 0 Å². The van der Waals surface area contributed by atoms with Crippen molar-refractivity contribution in [1.82, 2.24) is 9.13 Å². The topological polar surface area (TPSA) is 70.3 Å². The van der Waals surface area contributed by atoms with Crippen molar-refractivity contribution >= 4 is 27.5 Å². The summed E-state index contributed by atoms with van der Waals surface area (Å²) in [6.07, 6.45) is -9.03. The Morgan fingerprint density at radius 3 is 2.17 bits per heavy atom. The predicted octanol–water partition coefficient (Wildman–Crippen LogP) is 4.48. The number of rotatable bonds is 6. The first kappa shape index (κ1) is 24.0. The molecule has 0 unspecified atom stereocenters. The van der Waals surface area contributed by atoms with Crippen LogP contribution < -0.4 is 11.2 Å².